The van der Waals surface area contributed by atoms with Crippen LogP contribution >= 0.6 is 0 Å². The van der Waals surface area contributed by atoms with Gasteiger partial charge in [0, 0.05) is 37.5 Å². The first-order valence-electron chi connectivity index (χ1n) is 8.24. The van der Waals surface area contributed by atoms with Crippen LogP contribution < -0.4 is 4.90 Å². The fourth-order valence-corrected chi connectivity index (χ4v) is 2.84. The van der Waals surface area contributed by atoms with E-state index in [-0.39, 0.29) is 5.69 Å². The van der Waals surface area contributed by atoms with Crippen LogP contribution in [0.15, 0.2) is 36.9 Å². The highest BCUT2D eigenvalue weighted by Gasteiger charge is 2.19. The molecule has 0 saturated heterocycles. The average Bonchev–Trinajstić information content (AvgIpc) is 3.01. The molecule has 4 rings (SSSR count). The molecular weight excluding hydrogens is 334 g/mol. The Morgan fingerprint density at radius 1 is 1.15 bits per heavy atom. The number of esters is 1. The number of hydrogen-bond acceptors (Lipinski definition) is 8. The van der Waals surface area contributed by atoms with Gasteiger partial charge >= 0.3 is 5.97 Å². The second kappa shape index (κ2) is 6.87. The zero-order valence-corrected chi connectivity index (χ0v) is 14.2. The number of pyridine rings is 1. The van der Waals surface area contributed by atoms with Gasteiger partial charge < -0.3 is 9.64 Å². The standard InChI is InChI=1S/C17H17N7O2/c1-26-17(25)13-10-20-15(11-19-13)23-6-4-14-21-16(22-24(14)8-7-23)12-3-2-5-18-9-12/h2-3,5,9-11H,4,6-8H2,1H3. The first-order valence-corrected chi connectivity index (χ1v) is 8.24. The van der Waals surface area contributed by atoms with Crippen molar-refractivity contribution in [1.29, 1.82) is 0 Å². The molecule has 0 fully saturated rings. The molecule has 26 heavy (non-hydrogen) atoms. The Balaban J connectivity index is 1.49. The minimum atomic E-state index is -0.493. The molecule has 9 nitrogen and oxygen atoms in total. The minimum absolute atomic E-state index is 0.196. The molecule has 0 spiro atoms. The van der Waals surface area contributed by atoms with Crippen LogP contribution in [0.5, 0.6) is 0 Å². The molecule has 3 aromatic rings. The number of rotatable bonds is 3. The van der Waals surface area contributed by atoms with Crippen LogP contribution in [-0.4, -0.2) is 55.9 Å². The predicted molar refractivity (Wildman–Crippen MR) is 92.5 cm³/mol. The van der Waals surface area contributed by atoms with Crippen molar-refractivity contribution in [2.45, 2.75) is 13.0 Å². The summed E-state index contributed by atoms with van der Waals surface area (Å²) in [7, 11) is 1.32. The Hall–Kier alpha value is -3.36. The van der Waals surface area contributed by atoms with Crippen LogP contribution in [0, 0.1) is 0 Å². The Kier molecular flexibility index (Phi) is 4.26. The van der Waals surface area contributed by atoms with Gasteiger partial charge in [0.1, 0.15) is 11.6 Å². The summed E-state index contributed by atoms with van der Waals surface area (Å²) in [5, 5.41) is 4.60. The maximum absolute atomic E-state index is 11.5. The normalized spacial score (nSPS) is 13.8. The van der Waals surface area contributed by atoms with Gasteiger partial charge in [0.2, 0.25) is 0 Å². The summed E-state index contributed by atoms with van der Waals surface area (Å²) >= 11 is 0. The summed E-state index contributed by atoms with van der Waals surface area (Å²) in [4.78, 5) is 30.8. The highest BCUT2D eigenvalue weighted by molar-refractivity contribution is 5.86. The maximum atomic E-state index is 11.5. The summed E-state index contributed by atoms with van der Waals surface area (Å²) in [6.07, 6.45) is 7.26. The number of nitrogens with zero attached hydrogens (tertiary/aromatic N) is 7. The SMILES string of the molecule is COC(=O)c1cnc(N2CCc3nc(-c4cccnc4)nn3CC2)cn1. The highest BCUT2D eigenvalue weighted by Crippen LogP contribution is 2.18. The van der Waals surface area contributed by atoms with E-state index in [0.29, 0.717) is 12.4 Å². The van der Waals surface area contributed by atoms with E-state index in [2.05, 4.69) is 34.7 Å². The summed E-state index contributed by atoms with van der Waals surface area (Å²) in [5.74, 6) is 1.86. The van der Waals surface area contributed by atoms with Crippen molar-refractivity contribution in [2.75, 3.05) is 25.1 Å². The number of carbonyl (C=O) groups excluding carboxylic acids is 1. The molecule has 0 radical (unpaired) electrons. The molecule has 4 heterocycles. The van der Waals surface area contributed by atoms with Crippen LogP contribution in [0.2, 0.25) is 0 Å². The molecule has 1 aliphatic rings. The Morgan fingerprint density at radius 3 is 2.81 bits per heavy atom. The van der Waals surface area contributed by atoms with Gasteiger partial charge in [-0.05, 0) is 12.1 Å². The third-order valence-corrected chi connectivity index (χ3v) is 4.21. The van der Waals surface area contributed by atoms with E-state index in [9.17, 15) is 4.79 Å². The van der Waals surface area contributed by atoms with E-state index in [1.54, 1.807) is 18.6 Å². The fraction of sp³-hybridized carbons (Fsp3) is 0.294. The van der Waals surface area contributed by atoms with Gasteiger partial charge in [-0.1, -0.05) is 0 Å². The van der Waals surface area contributed by atoms with E-state index in [1.165, 1.54) is 13.3 Å². The van der Waals surface area contributed by atoms with E-state index in [4.69, 9.17) is 0 Å². The lowest BCUT2D eigenvalue weighted by Gasteiger charge is -2.20. The van der Waals surface area contributed by atoms with Crippen molar-refractivity contribution in [3.05, 3.63) is 48.4 Å². The van der Waals surface area contributed by atoms with Crippen molar-refractivity contribution < 1.29 is 9.53 Å². The Morgan fingerprint density at radius 2 is 2.08 bits per heavy atom. The summed E-state index contributed by atoms with van der Waals surface area (Å²) in [5.41, 5.74) is 1.11. The number of anilines is 1. The molecule has 0 aliphatic carbocycles. The fourth-order valence-electron chi connectivity index (χ4n) is 2.84. The number of aromatic nitrogens is 6. The predicted octanol–water partition coefficient (Wildman–Crippen LogP) is 0.979. The molecule has 1 aliphatic heterocycles. The number of carbonyl (C=O) groups is 1. The average molecular weight is 351 g/mol. The minimum Gasteiger partial charge on any atom is -0.464 e. The first kappa shape index (κ1) is 16.1. The number of ether oxygens (including phenoxy) is 1. The molecule has 0 atom stereocenters. The number of fused-ring (bicyclic) bond motifs is 1. The lowest BCUT2D eigenvalue weighted by molar-refractivity contribution is 0.0593. The molecule has 0 N–H and O–H groups in total. The van der Waals surface area contributed by atoms with Gasteiger partial charge in [-0.3, -0.25) is 4.98 Å². The molecule has 0 amide bonds. The van der Waals surface area contributed by atoms with Gasteiger partial charge in [-0.15, -0.1) is 0 Å². The van der Waals surface area contributed by atoms with Gasteiger partial charge in [-0.25, -0.2) is 24.4 Å². The van der Waals surface area contributed by atoms with E-state index in [0.717, 1.165) is 36.7 Å². The molecule has 9 heteroatoms. The number of hydrogen-bond donors (Lipinski definition) is 0. The molecule has 0 aromatic carbocycles. The maximum Gasteiger partial charge on any atom is 0.358 e. The van der Waals surface area contributed by atoms with E-state index in [1.807, 2.05) is 16.8 Å². The largest absolute Gasteiger partial charge is 0.464 e. The monoisotopic (exact) mass is 351 g/mol. The second-order valence-corrected chi connectivity index (χ2v) is 5.80. The van der Waals surface area contributed by atoms with Crippen LogP contribution in [0.25, 0.3) is 11.4 Å². The van der Waals surface area contributed by atoms with Gasteiger partial charge in [0.05, 0.1) is 26.0 Å². The summed E-state index contributed by atoms with van der Waals surface area (Å²) in [6.45, 7) is 2.18. The lowest BCUT2D eigenvalue weighted by Crippen LogP contribution is -2.28. The van der Waals surface area contributed by atoms with Crippen LogP contribution in [0.3, 0.4) is 0 Å². The van der Waals surface area contributed by atoms with Crippen molar-refractivity contribution in [3.8, 4) is 11.4 Å². The van der Waals surface area contributed by atoms with E-state index >= 15 is 0 Å². The zero-order valence-electron chi connectivity index (χ0n) is 14.2. The van der Waals surface area contributed by atoms with E-state index < -0.39 is 5.97 Å². The van der Waals surface area contributed by atoms with Gasteiger partial charge in [0.15, 0.2) is 11.5 Å². The first-order chi connectivity index (χ1) is 12.7. The van der Waals surface area contributed by atoms with Gasteiger partial charge in [-0.2, -0.15) is 5.10 Å². The van der Waals surface area contributed by atoms with Gasteiger partial charge in [0.25, 0.3) is 0 Å². The van der Waals surface area contributed by atoms with Crippen LogP contribution in [0.1, 0.15) is 16.3 Å². The van der Waals surface area contributed by atoms with Crippen molar-refractivity contribution in [2.24, 2.45) is 0 Å². The Bertz CT molecular complexity index is 883. The number of methoxy groups -OCH3 is 1. The third kappa shape index (κ3) is 3.10. The smallest absolute Gasteiger partial charge is 0.358 e. The van der Waals surface area contributed by atoms with Crippen LogP contribution in [-0.2, 0) is 17.7 Å². The second-order valence-electron chi connectivity index (χ2n) is 5.80. The lowest BCUT2D eigenvalue weighted by atomic mass is 10.3. The topological polar surface area (TPSA) is 98.9 Å². The quantitative estimate of drug-likeness (QED) is 0.644. The van der Waals surface area contributed by atoms with Crippen molar-refractivity contribution >= 4 is 11.8 Å². The summed E-state index contributed by atoms with van der Waals surface area (Å²) < 4.78 is 6.57. The van der Waals surface area contributed by atoms with Crippen molar-refractivity contribution in [1.82, 2.24) is 29.7 Å². The van der Waals surface area contributed by atoms with Crippen molar-refractivity contribution in [3.63, 3.8) is 0 Å². The third-order valence-electron chi connectivity index (χ3n) is 4.21. The molecule has 0 saturated carbocycles. The molecule has 132 valence electrons. The summed E-state index contributed by atoms with van der Waals surface area (Å²) in [6, 6.07) is 3.83. The van der Waals surface area contributed by atoms with Crippen LogP contribution in [0.4, 0.5) is 5.82 Å². The molecule has 0 unspecified atom stereocenters. The molecule has 3 aromatic heterocycles. The zero-order chi connectivity index (χ0) is 17.9. The molecule has 0 bridgehead atoms. The highest BCUT2D eigenvalue weighted by atomic mass is 16.5. The molecular formula is C17H17N7O2. The Labute approximate surface area is 149 Å².